The van der Waals surface area contributed by atoms with Gasteiger partial charge >= 0.3 is 0 Å². The van der Waals surface area contributed by atoms with Gasteiger partial charge in [-0.15, -0.1) is 0 Å². The molecule has 4 aliphatic carbocycles. The second-order valence-corrected chi connectivity index (χ2v) is 6.84. The highest BCUT2D eigenvalue weighted by Gasteiger charge is 2.60. The second kappa shape index (κ2) is 2.35. The van der Waals surface area contributed by atoms with E-state index in [0.29, 0.717) is 12.0 Å². The first-order valence-corrected chi connectivity index (χ1v) is 5.87. The van der Waals surface area contributed by atoms with Crippen LogP contribution in [0.1, 0.15) is 45.4 Å². The summed E-state index contributed by atoms with van der Waals surface area (Å²) in [5, 5.41) is 9.60. The van der Waals surface area contributed by atoms with E-state index in [-0.39, 0.29) is 11.0 Å². The van der Waals surface area contributed by atoms with Gasteiger partial charge in [0.25, 0.3) is 0 Å². The molecule has 2 nitrogen and oxygen atoms in total. The fourth-order valence-corrected chi connectivity index (χ4v) is 5.40. The molecule has 80 valence electrons. The standard InChI is InChI=1S/C12H21NO/c1-10-2-9-3-11(5-10,8-14)7-12(13,4-9)6-10/h9,14H,2-8,13H2,1H3/t9-,10-,11+,12+/m0/s1. The molecule has 4 atom stereocenters. The van der Waals surface area contributed by atoms with Crippen LogP contribution in [0.3, 0.4) is 0 Å². The van der Waals surface area contributed by atoms with E-state index in [1.807, 2.05) is 0 Å². The Morgan fingerprint density at radius 3 is 2.57 bits per heavy atom. The van der Waals surface area contributed by atoms with Crippen LogP contribution in [0, 0.1) is 16.7 Å². The van der Waals surface area contributed by atoms with Gasteiger partial charge in [0.15, 0.2) is 0 Å². The Morgan fingerprint density at radius 1 is 1.21 bits per heavy atom. The third kappa shape index (κ3) is 1.10. The van der Waals surface area contributed by atoms with Crippen molar-refractivity contribution in [2.24, 2.45) is 22.5 Å². The minimum absolute atomic E-state index is 0.0664. The number of aliphatic hydroxyl groups excluding tert-OH is 1. The van der Waals surface area contributed by atoms with Gasteiger partial charge in [0.1, 0.15) is 0 Å². The number of hydrogen-bond donors (Lipinski definition) is 2. The predicted molar refractivity (Wildman–Crippen MR) is 55.7 cm³/mol. The molecule has 4 fully saturated rings. The number of nitrogens with two attached hydrogens (primary N) is 1. The van der Waals surface area contributed by atoms with Crippen LogP contribution >= 0.6 is 0 Å². The lowest BCUT2D eigenvalue weighted by Gasteiger charge is -2.64. The lowest BCUT2D eigenvalue weighted by atomic mass is 9.42. The van der Waals surface area contributed by atoms with Gasteiger partial charge < -0.3 is 10.8 Å². The zero-order valence-corrected chi connectivity index (χ0v) is 9.05. The maximum atomic E-state index is 9.60. The van der Waals surface area contributed by atoms with Crippen molar-refractivity contribution >= 4 is 0 Å². The van der Waals surface area contributed by atoms with E-state index in [0.717, 1.165) is 12.3 Å². The minimum atomic E-state index is 0.0664. The maximum Gasteiger partial charge on any atom is 0.0488 e. The first kappa shape index (κ1) is 9.17. The Labute approximate surface area is 85.9 Å². The van der Waals surface area contributed by atoms with Crippen LogP contribution in [0.4, 0.5) is 0 Å². The Bertz CT molecular complexity index is 257. The van der Waals surface area contributed by atoms with Gasteiger partial charge in [-0.25, -0.2) is 0 Å². The fraction of sp³-hybridized carbons (Fsp3) is 1.00. The second-order valence-electron chi connectivity index (χ2n) is 6.84. The Kier molecular flexibility index (Phi) is 1.54. The molecule has 4 rings (SSSR count). The van der Waals surface area contributed by atoms with E-state index >= 15 is 0 Å². The van der Waals surface area contributed by atoms with Crippen molar-refractivity contribution in [3.05, 3.63) is 0 Å². The highest BCUT2D eigenvalue weighted by atomic mass is 16.3. The van der Waals surface area contributed by atoms with E-state index in [1.54, 1.807) is 0 Å². The number of hydrogen-bond acceptors (Lipinski definition) is 2. The van der Waals surface area contributed by atoms with Crippen molar-refractivity contribution in [3.8, 4) is 0 Å². The molecule has 4 saturated carbocycles. The molecule has 0 amide bonds. The molecule has 0 aliphatic heterocycles. The Hall–Kier alpha value is -0.0800. The molecule has 0 unspecified atom stereocenters. The topological polar surface area (TPSA) is 46.2 Å². The molecule has 4 bridgehead atoms. The smallest absolute Gasteiger partial charge is 0.0488 e. The first-order chi connectivity index (χ1) is 6.47. The van der Waals surface area contributed by atoms with Crippen molar-refractivity contribution in [1.29, 1.82) is 0 Å². The van der Waals surface area contributed by atoms with Gasteiger partial charge in [-0.05, 0) is 55.3 Å². The van der Waals surface area contributed by atoms with Gasteiger partial charge in [-0.1, -0.05) is 6.92 Å². The lowest BCUT2D eigenvalue weighted by molar-refractivity contribution is -0.132. The molecule has 3 N–H and O–H groups in total. The fourth-order valence-electron chi connectivity index (χ4n) is 5.40. The zero-order chi connectivity index (χ0) is 10.0. The average molecular weight is 195 g/mol. The number of rotatable bonds is 1. The van der Waals surface area contributed by atoms with E-state index < -0.39 is 0 Å². The maximum absolute atomic E-state index is 9.60. The zero-order valence-electron chi connectivity index (χ0n) is 9.05. The summed E-state index contributed by atoms with van der Waals surface area (Å²) in [4.78, 5) is 0. The van der Waals surface area contributed by atoms with Gasteiger partial charge in [-0.2, -0.15) is 0 Å². The number of aliphatic hydroxyl groups is 1. The van der Waals surface area contributed by atoms with Crippen LogP contribution in [0.5, 0.6) is 0 Å². The summed E-state index contributed by atoms with van der Waals surface area (Å²) in [5.41, 5.74) is 7.16. The average Bonchev–Trinajstić information content (AvgIpc) is 1.97. The molecule has 0 aromatic heterocycles. The van der Waals surface area contributed by atoms with Crippen LogP contribution in [-0.4, -0.2) is 17.3 Å². The lowest BCUT2D eigenvalue weighted by Crippen LogP contribution is -2.64. The Balaban J connectivity index is 2.01. The predicted octanol–water partition coefficient (Wildman–Crippen LogP) is 1.67. The molecule has 14 heavy (non-hydrogen) atoms. The van der Waals surface area contributed by atoms with Crippen molar-refractivity contribution < 1.29 is 5.11 Å². The first-order valence-electron chi connectivity index (χ1n) is 5.87. The van der Waals surface area contributed by atoms with Crippen LogP contribution in [0.25, 0.3) is 0 Å². The van der Waals surface area contributed by atoms with Crippen molar-refractivity contribution in [3.63, 3.8) is 0 Å². The molecule has 0 aromatic rings. The van der Waals surface area contributed by atoms with E-state index in [4.69, 9.17) is 5.73 Å². The molecular weight excluding hydrogens is 174 g/mol. The molecule has 4 aliphatic rings. The van der Waals surface area contributed by atoms with Crippen LogP contribution in [0.2, 0.25) is 0 Å². The molecule has 0 radical (unpaired) electrons. The molecule has 0 saturated heterocycles. The molecule has 0 aromatic carbocycles. The van der Waals surface area contributed by atoms with E-state index in [1.165, 1.54) is 32.1 Å². The molecular formula is C12H21NO. The quantitative estimate of drug-likeness (QED) is 0.668. The SMILES string of the molecule is C[C@@]12C[C@@H]3C[C@@](N)(C1)C[C@@](CO)(C3)C2. The van der Waals surface area contributed by atoms with Crippen molar-refractivity contribution in [2.75, 3.05) is 6.61 Å². The van der Waals surface area contributed by atoms with Gasteiger partial charge in [0.2, 0.25) is 0 Å². The van der Waals surface area contributed by atoms with E-state index in [2.05, 4.69) is 6.92 Å². The van der Waals surface area contributed by atoms with Crippen molar-refractivity contribution in [2.45, 2.75) is 51.0 Å². The third-order valence-corrected chi connectivity index (χ3v) is 4.84. The van der Waals surface area contributed by atoms with Crippen molar-refractivity contribution in [1.82, 2.24) is 0 Å². The van der Waals surface area contributed by atoms with E-state index in [9.17, 15) is 5.11 Å². The highest BCUT2D eigenvalue weighted by Crippen LogP contribution is 2.65. The molecule has 2 heteroatoms. The summed E-state index contributed by atoms with van der Waals surface area (Å²) >= 11 is 0. The third-order valence-electron chi connectivity index (χ3n) is 4.84. The van der Waals surface area contributed by atoms with Crippen LogP contribution < -0.4 is 5.73 Å². The normalized spacial score (nSPS) is 60.6. The van der Waals surface area contributed by atoms with Crippen LogP contribution in [-0.2, 0) is 0 Å². The molecule has 0 heterocycles. The summed E-state index contributed by atoms with van der Waals surface area (Å²) in [6.45, 7) is 2.74. The largest absolute Gasteiger partial charge is 0.396 e. The van der Waals surface area contributed by atoms with Gasteiger partial charge in [0, 0.05) is 12.1 Å². The highest BCUT2D eigenvalue weighted by molar-refractivity contribution is 5.14. The van der Waals surface area contributed by atoms with Crippen LogP contribution in [0.15, 0.2) is 0 Å². The summed E-state index contributed by atoms with van der Waals surface area (Å²) in [7, 11) is 0. The summed E-state index contributed by atoms with van der Waals surface area (Å²) in [5.74, 6) is 0.799. The minimum Gasteiger partial charge on any atom is -0.396 e. The monoisotopic (exact) mass is 195 g/mol. The summed E-state index contributed by atoms with van der Waals surface area (Å²) < 4.78 is 0. The summed E-state index contributed by atoms with van der Waals surface area (Å²) in [6, 6.07) is 0. The summed E-state index contributed by atoms with van der Waals surface area (Å²) in [6.07, 6.45) is 7.28. The Morgan fingerprint density at radius 2 is 2.00 bits per heavy atom. The molecule has 0 spiro atoms. The van der Waals surface area contributed by atoms with Gasteiger partial charge in [0.05, 0.1) is 0 Å². The van der Waals surface area contributed by atoms with Gasteiger partial charge in [-0.3, -0.25) is 0 Å².